The highest BCUT2D eigenvalue weighted by Crippen LogP contribution is 2.38. The molecule has 2 aliphatic rings. The Morgan fingerprint density at radius 2 is 1.59 bits per heavy atom. The molecule has 0 N–H and O–H groups in total. The summed E-state index contributed by atoms with van der Waals surface area (Å²) in [4.78, 5) is 30.9. The second-order valence-corrected chi connectivity index (χ2v) is 5.94. The Kier molecular flexibility index (Phi) is 3.03. The summed E-state index contributed by atoms with van der Waals surface area (Å²) in [6.07, 6.45) is 4.43. The molecule has 4 rings (SSSR count). The molecule has 0 saturated heterocycles. The Balaban J connectivity index is 1.58. The molecule has 2 amide bonds. The monoisotopic (exact) mass is 292 g/mol. The maximum absolute atomic E-state index is 12.5. The number of amides is 2. The topological polar surface area (TPSA) is 50.3 Å². The molecule has 1 aliphatic carbocycles. The van der Waals surface area contributed by atoms with Gasteiger partial charge in [0, 0.05) is 23.9 Å². The summed E-state index contributed by atoms with van der Waals surface area (Å²) < 4.78 is 0. The van der Waals surface area contributed by atoms with Gasteiger partial charge in [0.15, 0.2) is 0 Å². The van der Waals surface area contributed by atoms with Gasteiger partial charge in [0.25, 0.3) is 11.8 Å². The number of fused-ring (bicyclic) bond motifs is 1. The molecule has 1 aromatic heterocycles. The van der Waals surface area contributed by atoms with Crippen molar-refractivity contribution in [2.45, 2.75) is 31.2 Å². The normalized spacial score (nSPS) is 23.9. The molecule has 4 heteroatoms. The molecule has 2 atom stereocenters. The number of imide groups is 1. The van der Waals surface area contributed by atoms with E-state index in [0.717, 1.165) is 25.0 Å². The number of pyridine rings is 1. The molecule has 0 spiro atoms. The maximum atomic E-state index is 12.5. The molecule has 0 unspecified atom stereocenters. The van der Waals surface area contributed by atoms with Crippen molar-refractivity contribution >= 4 is 11.8 Å². The molecule has 2 aromatic rings. The Morgan fingerprint density at radius 1 is 0.909 bits per heavy atom. The van der Waals surface area contributed by atoms with Crippen LogP contribution in [-0.2, 0) is 0 Å². The van der Waals surface area contributed by atoms with Crippen LogP contribution in [0.15, 0.2) is 48.7 Å². The van der Waals surface area contributed by atoms with E-state index in [4.69, 9.17) is 0 Å². The van der Waals surface area contributed by atoms with Gasteiger partial charge in [-0.3, -0.25) is 19.5 Å². The van der Waals surface area contributed by atoms with Gasteiger partial charge < -0.3 is 0 Å². The van der Waals surface area contributed by atoms with E-state index in [1.807, 2.05) is 18.2 Å². The summed E-state index contributed by atoms with van der Waals surface area (Å²) >= 11 is 0. The van der Waals surface area contributed by atoms with Crippen molar-refractivity contribution in [1.29, 1.82) is 0 Å². The lowest BCUT2D eigenvalue weighted by molar-refractivity contribution is 0.0586. The van der Waals surface area contributed by atoms with Gasteiger partial charge in [0.1, 0.15) is 0 Å². The van der Waals surface area contributed by atoms with Crippen LogP contribution in [0.3, 0.4) is 0 Å². The lowest BCUT2D eigenvalue weighted by Crippen LogP contribution is -2.38. The first-order chi connectivity index (χ1) is 10.8. The van der Waals surface area contributed by atoms with Gasteiger partial charge in [0.05, 0.1) is 11.1 Å². The first-order valence-electron chi connectivity index (χ1n) is 7.63. The Labute approximate surface area is 128 Å². The van der Waals surface area contributed by atoms with Crippen LogP contribution in [0.4, 0.5) is 0 Å². The highest BCUT2D eigenvalue weighted by molar-refractivity contribution is 6.21. The molecule has 1 fully saturated rings. The highest BCUT2D eigenvalue weighted by atomic mass is 16.2. The third-order valence-electron chi connectivity index (χ3n) is 4.70. The zero-order chi connectivity index (χ0) is 15.1. The molecule has 1 aromatic carbocycles. The van der Waals surface area contributed by atoms with Gasteiger partial charge in [-0.1, -0.05) is 18.2 Å². The van der Waals surface area contributed by atoms with E-state index in [-0.39, 0.29) is 17.9 Å². The summed E-state index contributed by atoms with van der Waals surface area (Å²) in [5.41, 5.74) is 2.13. The third-order valence-corrected chi connectivity index (χ3v) is 4.70. The average molecular weight is 292 g/mol. The van der Waals surface area contributed by atoms with Crippen molar-refractivity contribution < 1.29 is 9.59 Å². The van der Waals surface area contributed by atoms with Crippen LogP contribution in [0.2, 0.25) is 0 Å². The fraction of sp³-hybridized carbons (Fsp3) is 0.278. The van der Waals surface area contributed by atoms with Crippen molar-refractivity contribution in [2.75, 3.05) is 0 Å². The van der Waals surface area contributed by atoms with E-state index >= 15 is 0 Å². The number of aromatic nitrogens is 1. The Hall–Kier alpha value is -2.49. The molecule has 110 valence electrons. The molecule has 1 aliphatic heterocycles. The average Bonchev–Trinajstić information content (AvgIpc) is 3.13. The predicted molar refractivity (Wildman–Crippen MR) is 81.6 cm³/mol. The summed E-state index contributed by atoms with van der Waals surface area (Å²) in [5, 5.41) is 0. The van der Waals surface area contributed by atoms with Crippen molar-refractivity contribution in [3.05, 3.63) is 65.5 Å². The van der Waals surface area contributed by atoms with Crippen LogP contribution in [-0.4, -0.2) is 27.7 Å². The van der Waals surface area contributed by atoms with E-state index in [9.17, 15) is 9.59 Å². The molecular formula is C18H16N2O2. The quantitative estimate of drug-likeness (QED) is 0.799. The van der Waals surface area contributed by atoms with Crippen LogP contribution >= 0.6 is 0 Å². The van der Waals surface area contributed by atoms with E-state index in [1.54, 1.807) is 30.5 Å². The van der Waals surface area contributed by atoms with Crippen molar-refractivity contribution in [1.82, 2.24) is 9.88 Å². The van der Waals surface area contributed by atoms with Gasteiger partial charge in [-0.15, -0.1) is 0 Å². The van der Waals surface area contributed by atoms with Crippen molar-refractivity contribution in [3.8, 4) is 0 Å². The summed E-state index contributed by atoms with van der Waals surface area (Å²) in [6, 6.07) is 13.0. The first-order valence-corrected chi connectivity index (χ1v) is 7.63. The predicted octanol–water partition coefficient (Wildman–Crippen LogP) is 3.01. The van der Waals surface area contributed by atoms with Gasteiger partial charge >= 0.3 is 0 Å². The minimum atomic E-state index is -0.146. The summed E-state index contributed by atoms with van der Waals surface area (Å²) in [5.74, 6) is 0.0371. The smallest absolute Gasteiger partial charge is 0.261 e. The zero-order valence-electron chi connectivity index (χ0n) is 12.1. The SMILES string of the molecule is O=C1c2ccccc2C(=O)N1[C@@H]1CC[C@@H](c2ccccn2)C1. The number of benzene rings is 1. The maximum Gasteiger partial charge on any atom is 0.261 e. The fourth-order valence-electron chi connectivity index (χ4n) is 3.62. The van der Waals surface area contributed by atoms with Crippen molar-refractivity contribution in [2.24, 2.45) is 0 Å². The van der Waals surface area contributed by atoms with Crippen LogP contribution in [0.1, 0.15) is 51.6 Å². The molecule has 22 heavy (non-hydrogen) atoms. The lowest BCUT2D eigenvalue weighted by Gasteiger charge is -2.22. The van der Waals surface area contributed by atoms with Gasteiger partial charge in [-0.2, -0.15) is 0 Å². The van der Waals surface area contributed by atoms with E-state index < -0.39 is 0 Å². The van der Waals surface area contributed by atoms with Gasteiger partial charge in [0.2, 0.25) is 0 Å². The van der Waals surface area contributed by atoms with E-state index in [2.05, 4.69) is 4.98 Å². The van der Waals surface area contributed by atoms with E-state index in [1.165, 1.54) is 4.90 Å². The number of carbonyl (C=O) groups excluding carboxylic acids is 2. The minimum Gasteiger partial charge on any atom is -0.271 e. The minimum absolute atomic E-state index is 0.0144. The van der Waals surface area contributed by atoms with E-state index in [0.29, 0.717) is 17.0 Å². The van der Waals surface area contributed by atoms with Gasteiger partial charge in [-0.05, 0) is 43.5 Å². The second kappa shape index (κ2) is 5.05. The molecule has 4 nitrogen and oxygen atoms in total. The largest absolute Gasteiger partial charge is 0.271 e. The fourth-order valence-corrected chi connectivity index (χ4v) is 3.62. The Morgan fingerprint density at radius 3 is 2.23 bits per heavy atom. The summed E-state index contributed by atoms with van der Waals surface area (Å²) in [7, 11) is 0. The Bertz CT molecular complexity index is 707. The molecule has 2 heterocycles. The lowest BCUT2D eigenvalue weighted by atomic mass is 10.0. The molecule has 0 radical (unpaired) electrons. The van der Waals surface area contributed by atoms with Gasteiger partial charge in [-0.25, -0.2) is 0 Å². The number of carbonyl (C=O) groups is 2. The molecular weight excluding hydrogens is 276 g/mol. The van der Waals surface area contributed by atoms with Crippen LogP contribution in [0.25, 0.3) is 0 Å². The molecule has 1 saturated carbocycles. The first kappa shape index (κ1) is 13.2. The number of rotatable bonds is 2. The standard InChI is InChI=1S/C18H16N2O2/c21-17-14-5-1-2-6-15(14)18(22)20(17)13-9-8-12(11-13)16-7-3-4-10-19-16/h1-7,10,12-13H,8-9,11H2/t12-,13-/m1/s1. The molecule has 0 bridgehead atoms. The van der Waals surface area contributed by atoms with Crippen molar-refractivity contribution in [3.63, 3.8) is 0 Å². The number of hydrogen-bond acceptors (Lipinski definition) is 3. The van der Waals surface area contributed by atoms with Crippen LogP contribution < -0.4 is 0 Å². The second-order valence-electron chi connectivity index (χ2n) is 5.94. The highest BCUT2D eigenvalue weighted by Gasteiger charge is 2.42. The third kappa shape index (κ3) is 1.95. The zero-order valence-corrected chi connectivity index (χ0v) is 12.1. The van der Waals surface area contributed by atoms with Crippen LogP contribution in [0.5, 0.6) is 0 Å². The summed E-state index contributed by atoms with van der Waals surface area (Å²) in [6.45, 7) is 0. The van der Waals surface area contributed by atoms with Crippen LogP contribution in [0, 0.1) is 0 Å². The number of hydrogen-bond donors (Lipinski definition) is 0. The number of nitrogens with zero attached hydrogens (tertiary/aromatic N) is 2.